The van der Waals surface area contributed by atoms with E-state index in [1.165, 1.54) is 19.3 Å². The lowest BCUT2D eigenvalue weighted by Crippen LogP contribution is -2.05. The van der Waals surface area contributed by atoms with Crippen LogP contribution in [0.25, 0.3) is 11.4 Å². The van der Waals surface area contributed by atoms with Gasteiger partial charge in [0.1, 0.15) is 0 Å². The number of pyridine rings is 2. The van der Waals surface area contributed by atoms with Crippen molar-refractivity contribution in [2.24, 2.45) is 0 Å². The van der Waals surface area contributed by atoms with Crippen molar-refractivity contribution in [3.8, 4) is 11.4 Å². The van der Waals surface area contributed by atoms with Gasteiger partial charge in [-0.25, -0.2) is 4.79 Å². The van der Waals surface area contributed by atoms with Gasteiger partial charge in [-0.3, -0.25) is 14.8 Å². The summed E-state index contributed by atoms with van der Waals surface area (Å²) in [6.07, 6.45) is 2.96. The molecule has 2 aromatic rings. The summed E-state index contributed by atoms with van der Waals surface area (Å²) in [6.45, 7) is 3.57. The number of rotatable bonds is 4. The third-order valence-electron chi connectivity index (χ3n) is 2.71. The molecule has 0 N–H and O–H groups in total. The fraction of sp³-hybridized carbons (Fsp3) is 0.200. The first-order chi connectivity index (χ1) is 9.61. The van der Waals surface area contributed by atoms with Crippen LogP contribution in [-0.4, -0.2) is 28.3 Å². The zero-order chi connectivity index (χ0) is 14.5. The molecule has 2 aromatic heterocycles. The van der Waals surface area contributed by atoms with Crippen LogP contribution in [0, 0.1) is 0 Å². The number of carbonyl (C=O) groups excluding carboxylic acids is 2. The Balaban J connectivity index is 2.21. The molecule has 0 fully saturated rings. The molecule has 0 atom stereocenters. The second-order valence-corrected chi connectivity index (χ2v) is 4.14. The summed E-state index contributed by atoms with van der Waals surface area (Å²) >= 11 is 0. The van der Waals surface area contributed by atoms with Gasteiger partial charge in [-0.15, -0.1) is 0 Å². The van der Waals surface area contributed by atoms with Crippen molar-refractivity contribution in [3.63, 3.8) is 0 Å². The number of esters is 1. The molecule has 0 bridgehead atoms. The van der Waals surface area contributed by atoms with Gasteiger partial charge in [-0.1, -0.05) is 0 Å². The lowest BCUT2D eigenvalue weighted by molar-refractivity contribution is 0.0526. The molecular formula is C15H14N2O3. The minimum atomic E-state index is -0.397. The zero-order valence-electron chi connectivity index (χ0n) is 11.3. The van der Waals surface area contributed by atoms with E-state index < -0.39 is 5.97 Å². The van der Waals surface area contributed by atoms with Gasteiger partial charge in [0.2, 0.25) is 0 Å². The van der Waals surface area contributed by atoms with E-state index >= 15 is 0 Å². The van der Waals surface area contributed by atoms with Crippen molar-refractivity contribution in [3.05, 3.63) is 47.8 Å². The molecule has 0 aromatic carbocycles. The van der Waals surface area contributed by atoms with Crippen LogP contribution in [0.4, 0.5) is 0 Å². The number of nitrogens with zero attached hydrogens (tertiary/aromatic N) is 2. The molecule has 0 spiro atoms. The maximum atomic E-state index is 11.5. The van der Waals surface area contributed by atoms with Gasteiger partial charge in [0.15, 0.2) is 5.78 Å². The molecule has 0 saturated heterocycles. The normalized spacial score (nSPS) is 10.1. The van der Waals surface area contributed by atoms with Crippen LogP contribution in [0.2, 0.25) is 0 Å². The van der Waals surface area contributed by atoms with Gasteiger partial charge < -0.3 is 4.74 Å². The van der Waals surface area contributed by atoms with Crippen LogP contribution >= 0.6 is 0 Å². The summed E-state index contributed by atoms with van der Waals surface area (Å²) in [7, 11) is 0. The second kappa shape index (κ2) is 6.06. The number of aromatic nitrogens is 2. The Morgan fingerprint density at radius 3 is 1.95 bits per heavy atom. The molecule has 5 heteroatoms. The summed E-state index contributed by atoms with van der Waals surface area (Å²) in [5.74, 6) is -0.430. The SMILES string of the molecule is CCOC(=O)c1ccc(-c2ccc(C(C)=O)cn2)nc1. The van der Waals surface area contributed by atoms with E-state index in [1.54, 1.807) is 31.2 Å². The topological polar surface area (TPSA) is 69.2 Å². The monoisotopic (exact) mass is 270 g/mol. The average Bonchev–Trinajstić information content (AvgIpc) is 2.48. The van der Waals surface area contributed by atoms with Crippen molar-refractivity contribution < 1.29 is 14.3 Å². The molecule has 0 aliphatic rings. The lowest BCUT2D eigenvalue weighted by atomic mass is 10.1. The van der Waals surface area contributed by atoms with Crippen LogP contribution in [0.1, 0.15) is 34.6 Å². The molecule has 0 unspecified atom stereocenters. The molecule has 5 nitrogen and oxygen atoms in total. The highest BCUT2D eigenvalue weighted by Gasteiger charge is 2.08. The summed E-state index contributed by atoms with van der Waals surface area (Å²) in [5, 5.41) is 0. The molecule has 20 heavy (non-hydrogen) atoms. The smallest absolute Gasteiger partial charge is 0.339 e. The first-order valence-electron chi connectivity index (χ1n) is 6.22. The summed E-state index contributed by atoms with van der Waals surface area (Å²) in [5.41, 5.74) is 2.23. The third-order valence-corrected chi connectivity index (χ3v) is 2.71. The lowest BCUT2D eigenvalue weighted by Gasteiger charge is -2.03. The average molecular weight is 270 g/mol. The largest absolute Gasteiger partial charge is 0.462 e. The van der Waals surface area contributed by atoms with Gasteiger partial charge in [-0.05, 0) is 38.1 Å². The molecule has 0 amide bonds. The molecule has 2 heterocycles. The van der Waals surface area contributed by atoms with Crippen LogP contribution in [-0.2, 0) is 4.74 Å². The van der Waals surface area contributed by atoms with Crippen LogP contribution in [0.5, 0.6) is 0 Å². The fourth-order valence-corrected chi connectivity index (χ4v) is 1.63. The van der Waals surface area contributed by atoms with E-state index in [0.29, 0.717) is 29.1 Å². The van der Waals surface area contributed by atoms with E-state index in [4.69, 9.17) is 4.74 Å². The van der Waals surface area contributed by atoms with Crippen molar-refractivity contribution >= 4 is 11.8 Å². The number of carbonyl (C=O) groups is 2. The van der Waals surface area contributed by atoms with Crippen LogP contribution in [0.15, 0.2) is 36.7 Å². The van der Waals surface area contributed by atoms with Crippen molar-refractivity contribution in [1.82, 2.24) is 9.97 Å². The van der Waals surface area contributed by atoms with E-state index in [0.717, 1.165) is 0 Å². The highest BCUT2D eigenvalue weighted by Crippen LogP contribution is 2.15. The Morgan fingerprint density at radius 2 is 1.55 bits per heavy atom. The van der Waals surface area contributed by atoms with Crippen LogP contribution < -0.4 is 0 Å². The van der Waals surface area contributed by atoms with Gasteiger partial charge in [0.25, 0.3) is 0 Å². The number of Topliss-reactive ketones (excluding diaryl/α,β-unsaturated/α-hetero) is 1. The summed E-state index contributed by atoms with van der Waals surface area (Å²) in [4.78, 5) is 31.0. The van der Waals surface area contributed by atoms with Gasteiger partial charge >= 0.3 is 5.97 Å². The Hall–Kier alpha value is -2.56. The molecule has 102 valence electrons. The van der Waals surface area contributed by atoms with Gasteiger partial charge in [-0.2, -0.15) is 0 Å². The van der Waals surface area contributed by atoms with Crippen LogP contribution in [0.3, 0.4) is 0 Å². The molecule has 0 saturated carbocycles. The minimum absolute atomic E-state index is 0.0327. The van der Waals surface area contributed by atoms with E-state index in [9.17, 15) is 9.59 Å². The molecular weight excluding hydrogens is 256 g/mol. The van der Waals surface area contributed by atoms with Crippen molar-refractivity contribution in [2.75, 3.05) is 6.61 Å². The first-order valence-corrected chi connectivity index (χ1v) is 6.22. The highest BCUT2D eigenvalue weighted by atomic mass is 16.5. The third kappa shape index (κ3) is 3.06. The van der Waals surface area contributed by atoms with E-state index in [2.05, 4.69) is 9.97 Å². The Labute approximate surface area is 116 Å². The van der Waals surface area contributed by atoms with Crippen molar-refractivity contribution in [2.45, 2.75) is 13.8 Å². The Kier molecular flexibility index (Phi) is 4.20. The maximum Gasteiger partial charge on any atom is 0.339 e. The summed E-state index contributed by atoms with van der Waals surface area (Å²) < 4.78 is 4.88. The van der Waals surface area contributed by atoms with E-state index in [1.807, 2.05) is 0 Å². The number of ketones is 1. The zero-order valence-corrected chi connectivity index (χ0v) is 11.3. The molecule has 0 radical (unpaired) electrons. The summed E-state index contributed by atoms with van der Waals surface area (Å²) in [6, 6.07) is 6.76. The van der Waals surface area contributed by atoms with E-state index in [-0.39, 0.29) is 5.78 Å². The number of hydrogen-bond acceptors (Lipinski definition) is 5. The molecule has 2 rings (SSSR count). The molecule has 0 aliphatic carbocycles. The second-order valence-electron chi connectivity index (χ2n) is 4.14. The van der Waals surface area contributed by atoms with Gasteiger partial charge in [0, 0.05) is 18.0 Å². The number of ether oxygens (including phenoxy) is 1. The number of hydrogen-bond donors (Lipinski definition) is 0. The van der Waals surface area contributed by atoms with Gasteiger partial charge in [0.05, 0.1) is 23.6 Å². The highest BCUT2D eigenvalue weighted by molar-refractivity contribution is 5.94. The quantitative estimate of drug-likeness (QED) is 0.630. The Bertz CT molecular complexity index is 619. The fourth-order valence-electron chi connectivity index (χ4n) is 1.63. The first kappa shape index (κ1) is 13.9. The Morgan fingerprint density at radius 1 is 1.00 bits per heavy atom. The maximum absolute atomic E-state index is 11.5. The van der Waals surface area contributed by atoms with Crippen molar-refractivity contribution in [1.29, 1.82) is 0 Å². The minimum Gasteiger partial charge on any atom is -0.462 e. The standard InChI is InChI=1S/C15H14N2O3/c1-3-20-15(19)12-5-7-14(17-9-12)13-6-4-11(8-16-13)10(2)18/h4-9H,3H2,1-2H3. The predicted octanol–water partition coefficient (Wildman–Crippen LogP) is 2.52. The molecule has 0 aliphatic heterocycles. The predicted molar refractivity (Wildman–Crippen MR) is 73.4 cm³/mol.